The lowest BCUT2D eigenvalue weighted by atomic mass is 10.2. The van der Waals surface area contributed by atoms with Crippen LogP contribution >= 0.6 is 0 Å². The van der Waals surface area contributed by atoms with Gasteiger partial charge >= 0.3 is 0 Å². The number of hydrogen-bond acceptors (Lipinski definition) is 6. The van der Waals surface area contributed by atoms with Gasteiger partial charge in [0.25, 0.3) is 11.6 Å². The van der Waals surface area contributed by atoms with Crippen molar-refractivity contribution in [2.45, 2.75) is 19.4 Å². The fraction of sp³-hybridized carbons (Fsp3) is 0.231. The summed E-state index contributed by atoms with van der Waals surface area (Å²) in [6.45, 7) is 1.24. The van der Waals surface area contributed by atoms with Crippen molar-refractivity contribution in [3.8, 4) is 11.5 Å². The SMILES string of the molecule is O=C(CNC(=O)c1cccc([N+](=O)[O-])c1)NCCCCOc1ccc(OCc2ccccc2)cc1. The normalized spacial score (nSPS) is 10.3. The van der Waals surface area contributed by atoms with E-state index in [9.17, 15) is 19.7 Å². The Bertz CT molecular complexity index is 1120. The van der Waals surface area contributed by atoms with Crippen LogP contribution in [0.15, 0.2) is 78.9 Å². The molecule has 0 atom stereocenters. The van der Waals surface area contributed by atoms with Gasteiger partial charge in [0.15, 0.2) is 0 Å². The number of carbonyl (C=O) groups is 2. The number of unbranched alkanes of at least 4 members (excludes halogenated alkanes) is 1. The molecule has 0 aliphatic heterocycles. The van der Waals surface area contributed by atoms with E-state index in [1.54, 1.807) is 0 Å². The Morgan fingerprint density at radius 3 is 2.26 bits per heavy atom. The average molecular weight is 478 g/mol. The lowest BCUT2D eigenvalue weighted by Gasteiger charge is -2.09. The van der Waals surface area contributed by atoms with E-state index < -0.39 is 10.8 Å². The molecule has 182 valence electrons. The summed E-state index contributed by atoms with van der Waals surface area (Å²) < 4.78 is 11.5. The monoisotopic (exact) mass is 477 g/mol. The molecule has 2 N–H and O–H groups in total. The molecule has 3 aromatic rings. The molecule has 0 heterocycles. The minimum atomic E-state index is -0.579. The molecule has 0 aliphatic rings. The molecule has 0 radical (unpaired) electrons. The number of nitro groups is 1. The maximum Gasteiger partial charge on any atom is 0.270 e. The van der Waals surface area contributed by atoms with Crippen molar-refractivity contribution in [1.82, 2.24) is 10.6 Å². The molecule has 0 unspecified atom stereocenters. The van der Waals surface area contributed by atoms with Gasteiger partial charge in [-0.3, -0.25) is 19.7 Å². The van der Waals surface area contributed by atoms with Gasteiger partial charge in [-0.15, -0.1) is 0 Å². The third kappa shape index (κ3) is 8.81. The topological polar surface area (TPSA) is 120 Å². The molecule has 35 heavy (non-hydrogen) atoms. The first kappa shape index (κ1) is 25.2. The summed E-state index contributed by atoms with van der Waals surface area (Å²) in [6.07, 6.45) is 1.45. The fourth-order valence-corrected chi connectivity index (χ4v) is 3.10. The average Bonchev–Trinajstić information content (AvgIpc) is 2.89. The van der Waals surface area contributed by atoms with Gasteiger partial charge in [-0.25, -0.2) is 0 Å². The molecular weight excluding hydrogens is 450 g/mol. The molecule has 0 aromatic heterocycles. The second-order valence-electron chi connectivity index (χ2n) is 7.64. The first-order chi connectivity index (χ1) is 17.0. The summed E-state index contributed by atoms with van der Waals surface area (Å²) in [6, 6.07) is 22.7. The van der Waals surface area contributed by atoms with E-state index >= 15 is 0 Å². The van der Waals surface area contributed by atoms with Crippen LogP contribution in [0.2, 0.25) is 0 Å². The van der Waals surface area contributed by atoms with Gasteiger partial charge in [0.05, 0.1) is 18.1 Å². The van der Waals surface area contributed by atoms with E-state index in [1.165, 1.54) is 24.3 Å². The second kappa shape index (κ2) is 13.3. The number of carbonyl (C=O) groups excluding carboxylic acids is 2. The van der Waals surface area contributed by atoms with Crippen molar-refractivity contribution >= 4 is 17.5 Å². The highest BCUT2D eigenvalue weighted by Gasteiger charge is 2.12. The highest BCUT2D eigenvalue weighted by Crippen LogP contribution is 2.19. The molecule has 0 aliphatic carbocycles. The third-order valence-electron chi connectivity index (χ3n) is 4.96. The summed E-state index contributed by atoms with van der Waals surface area (Å²) in [7, 11) is 0. The van der Waals surface area contributed by atoms with Gasteiger partial charge in [0, 0.05) is 24.2 Å². The largest absolute Gasteiger partial charge is 0.494 e. The van der Waals surface area contributed by atoms with Crippen LogP contribution in [0.4, 0.5) is 5.69 Å². The summed E-state index contributed by atoms with van der Waals surface area (Å²) in [4.78, 5) is 34.2. The zero-order valence-corrected chi connectivity index (χ0v) is 19.1. The molecule has 0 bridgehead atoms. The molecule has 0 saturated heterocycles. The van der Waals surface area contributed by atoms with Crippen molar-refractivity contribution in [2.75, 3.05) is 19.7 Å². The maximum atomic E-state index is 12.1. The van der Waals surface area contributed by atoms with Crippen molar-refractivity contribution in [3.05, 3.63) is 100 Å². The molecule has 9 heteroatoms. The van der Waals surface area contributed by atoms with Crippen LogP contribution in [0.1, 0.15) is 28.8 Å². The Morgan fingerprint density at radius 2 is 1.54 bits per heavy atom. The quantitative estimate of drug-likeness (QED) is 0.219. The number of nitrogens with one attached hydrogen (secondary N) is 2. The number of nitrogens with zero attached hydrogens (tertiary/aromatic N) is 1. The third-order valence-corrected chi connectivity index (χ3v) is 4.96. The first-order valence-electron chi connectivity index (χ1n) is 11.2. The number of nitro benzene ring substituents is 1. The van der Waals surface area contributed by atoms with Crippen molar-refractivity contribution < 1.29 is 24.0 Å². The summed E-state index contributed by atoms with van der Waals surface area (Å²) >= 11 is 0. The van der Waals surface area contributed by atoms with Crippen LogP contribution in [0.25, 0.3) is 0 Å². The van der Waals surface area contributed by atoms with Gasteiger partial charge in [-0.1, -0.05) is 36.4 Å². The molecule has 0 fully saturated rings. The Labute approximate surface area is 203 Å². The minimum Gasteiger partial charge on any atom is -0.494 e. The van der Waals surface area contributed by atoms with E-state index in [0.29, 0.717) is 26.2 Å². The number of amides is 2. The summed E-state index contributed by atoms with van der Waals surface area (Å²) in [5.74, 6) is 0.621. The Hall–Kier alpha value is -4.40. The predicted molar refractivity (Wildman–Crippen MR) is 130 cm³/mol. The number of rotatable bonds is 13. The minimum absolute atomic E-state index is 0.125. The van der Waals surface area contributed by atoms with Crippen molar-refractivity contribution in [1.29, 1.82) is 0 Å². The Balaban J connectivity index is 1.25. The van der Waals surface area contributed by atoms with Crippen LogP contribution in [-0.2, 0) is 11.4 Å². The molecule has 2 amide bonds. The van der Waals surface area contributed by atoms with Gasteiger partial charge < -0.3 is 20.1 Å². The molecule has 3 aromatic carbocycles. The molecular formula is C26H27N3O6. The molecule has 9 nitrogen and oxygen atoms in total. The highest BCUT2D eigenvalue weighted by molar-refractivity contribution is 5.96. The van der Waals surface area contributed by atoms with Crippen LogP contribution in [0.3, 0.4) is 0 Å². The van der Waals surface area contributed by atoms with Crippen molar-refractivity contribution in [3.63, 3.8) is 0 Å². The van der Waals surface area contributed by atoms with E-state index in [4.69, 9.17) is 9.47 Å². The number of benzene rings is 3. The van der Waals surface area contributed by atoms with E-state index in [2.05, 4.69) is 10.6 Å². The smallest absolute Gasteiger partial charge is 0.270 e. The van der Waals surface area contributed by atoms with Crippen LogP contribution < -0.4 is 20.1 Å². The van der Waals surface area contributed by atoms with Gasteiger partial charge in [0.1, 0.15) is 18.1 Å². The fourth-order valence-electron chi connectivity index (χ4n) is 3.10. The number of hydrogen-bond donors (Lipinski definition) is 2. The number of ether oxygens (including phenoxy) is 2. The van der Waals surface area contributed by atoms with Crippen LogP contribution in [0.5, 0.6) is 11.5 Å². The van der Waals surface area contributed by atoms with E-state index in [0.717, 1.165) is 23.5 Å². The van der Waals surface area contributed by atoms with Crippen molar-refractivity contribution in [2.24, 2.45) is 0 Å². The summed E-state index contributed by atoms with van der Waals surface area (Å²) in [5.41, 5.74) is 1.04. The predicted octanol–water partition coefficient (Wildman–Crippen LogP) is 3.88. The molecule has 0 saturated carbocycles. The summed E-state index contributed by atoms with van der Waals surface area (Å²) in [5, 5.41) is 16.0. The molecule has 3 rings (SSSR count). The standard InChI is InChI=1S/C26H27N3O6/c30-25(18-28-26(31)21-9-6-10-22(17-21)29(32)33)27-15-4-5-16-34-23-11-13-24(14-12-23)35-19-20-7-2-1-3-8-20/h1-3,6-14,17H,4-5,15-16,18-19H2,(H,27,30)(H,28,31). The van der Waals surface area contributed by atoms with Crippen LogP contribution in [0, 0.1) is 10.1 Å². The lowest BCUT2D eigenvalue weighted by Crippen LogP contribution is -2.37. The van der Waals surface area contributed by atoms with E-state index in [1.807, 2.05) is 54.6 Å². The zero-order valence-electron chi connectivity index (χ0n) is 19.1. The van der Waals surface area contributed by atoms with Crippen LogP contribution in [-0.4, -0.2) is 36.4 Å². The zero-order chi connectivity index (χ0) is 24.9. The maximum absolute atomic E-state index is 12.1. The highest BCUT2D eigenvalue weighted by atomic mass is 16.6. The molecule has 0 spiro atoms. The van der Waals surface area contributed by atoms with Gasteiger partial charge in [0.2, 0.25) is 5.91 Å². The second-order valence-corrected chi connectivity index (χ2v) is 7.64. The Kier molecular flexibility index (Phi) is 9.62. The van der Waals surface area contributed by atoms with Gasteiger partial charge in [-0.2, -0.15) is 0 Å². The van der Waals surface area contributed by atoms with Gasteiger partial charge in [-0.05, 0) is 48.7 Å². The Morgan fingerprint density at radius 1 is 0.829 bits per heavy atom. The first-order valence-corrected chi connectivity index (χ1v) is 11.2. The lowest BCUT2D eigenvalue weighted by molar-refractivity contribution is -0.384. The van der Waals surface area contributed by atoms with E-state index in [-0.39, 0.29) is 23.7 Å². The number of non-ortho nitro benzene ring substituents is 1.